The zero-order valence-corrected chi connectivity index (χ0v) is 14.3. The monoisotopic (exact) mass is 357 g/mol. The fourth-order valence-corrected chi connectivity index (χ4v) is 5.29. The van der Waals surface area contributed by atoms with E-state index in [-0.39, 0.29) is 23.2 Å². The van der Waals surface area contributed by atoms with Crippen LogP contribution in [0.2, 0.25) is 0 Å². The Morgan fingerprint density at radius 2 is 1.83 bits per heavy atom. The van der Waals surface area contributed by atoms with Gasteiger partial charge >= 0.3 is 0 Å². The van der Waals surface area contributed by atoms with Crippen molar-refractivity contribution in [1.29, 1.82) is 0 Å². The number of sulfonamides is 1. The minimum atomic E-state index is -3.51. The number of hydrogen-bond acceptors (Lipinski definition) is 4. The highest BCUT2D eigenvalue weighted by Gasteiger charge is 2.41. The number of carbonyl (C=O) groups is 1. The molecule has 3 aliphatic heterocycles. The molecule has 8 heteroatoms. The average molecular weight is 358 g/mol. The van der Waals surface area contributed by atoms with Crippen molar-refractivity contribution in [2.75, 3.05) is 32.7 Å². The Balaban J connectivity index is 0.00000156. The van der Waals surface area contributed by atoms with Gasteiger partial charge in [-0.1, -0.05) is 6.07 Å². The van der Waals surface area contributed by atoms with Crippen LogP contribution in [0.15, 0.2) is 23.1 Å². The number of nitrogens with one attached hydrogen (secondary N) is 2. The molecule has 126 valence electrons. The lowest BCUT2D eigenvalue weighted by Crippen LogP contribution is -2.34. The molecule has 0 spiro atoms. The van der Waals surface area contributed by atoms with Gasteiger partial charge in [-0.15, -0.1) is 12.4 Å². The van der Waals surface area contributed by atoms with Gasteiger partial charge in [0.25, 0.3) is 5.91 Å². The Labute approximate surface area is 142 Å². The summed E-state index contributed by atoms with van der Waals surface area (Å²) in [5.41, 5.74) is 1.42. The van der Waals surface area contributed by atoms with Crippen LogP contribution in [0.1, 0.15) is 15.9 Å². The van der Waals surface area contributed by atoms with Crippen molar-refractivity contribution in [3.63, 3.8) is 0 Å². The molecule has 2 atom stereocenters. The summed E-state index contributed by atoms with van der Waals surface area (Å²) >= 11 is 0. The van der Waals surface area contributed by atoms with Crippen LogP contribution >= 0.6 is 12.4 Å². The molecule has 6 nitrogen and oxygen atoms in total. The molecule has 0 saturated carbocycles. The van der Waals surface area contributed by atoms with E-state index in [1.165, 1.54) is 6.07 Å². The molecule has 3 heterocycles. The second-order valence-electron chi connectivity index (χ2n) is 6.33. The first-order chi connectivity index (χ1) is 10.6. The molecule has 1 aromatic rings. The summed E-state index contributed by atoms with van der Waals surface area (Å²) in [6.45, 7) is 3.54. The second-order valence-corrected chi connectivity index (χ2v) is 8.26. The highest BCUT2D eigenvalue weighted by molar-refractivity contribution is 7.89. The maximum absolute atomic E-state index is 12.8. The third-order valence-corrected chi connectivity index (χ3v) is 6.83. The van der Waals surface area contributed by atoms with Crippen LogP contribution in [-0.4, -0.2) is 51.4 Å². The average Bonchev–Trinajstić information content (AvgIpc) is 3.09. The lowest BCUT2D eigenvalue weighted by Gasteiger charge is -2.20. The van der Waals surface area contributed by atoms with Gasteiger partial charge in [0, 0.05) is 25.2 Å². The van der Waals surface area contributed by atoms with Crippen molar-refractivity contribution in [2.45, 2.75) is 11.3 Å². The van der Waals surface area contributed by atoms with Crippen molar-refractivity contribution >= 4 is 28.3 Å². The van der Waals surface area contributed by atoms with Gasteiger partial charge in [-0.3, -0.25) is 4.79 Å². The largest absolute Gasteiger partial charge is 0.352 e. The molecular weight excluding hydrogens is 338 g/mol. The van der Waals surface area contributed by atoms with Crippen LogP contribution in [0.4, 0.5) is 0 Å². The summed E-state index contributed by atoms with van der Waals surface area (Å²) in [5, 5.41) is 6.07. The van der Waals surface area contributed by atoms with Crippen LogP contribution in [0.25, 0.3) is 0 Å². The molecule has 0 aliphatic carbocycles. The van der Waals surface area contributed by atoms with E-state index in [9.17, 15) is 13.2 Å². The van der Waals surface area contributed by atoms with Crippen LogP contribution in [0.3, 0.4) is 0 Å². The molecule has 4 rings (SSSR count). The van der Waals surface area contributed by atoms with Crippen molar-refractivity contribution in [2.24, 2.45) is 11.8 Å². The molecule has 2 saturated heterocycles. The minimum absolute atomic E-state index is 0. The van der Waals surface area contributed by atoms with Crippen LogP contribution in [0, 0.1) is 11.8 Å². The summed E-state index contributed by atoms with van der Waals surface area (Å²) in [7, 11) is -3.51. The van der Waals surface area contributed by atoms with Crippen molar-refractivity contribution in [3.8, 4) is 0 Å². The van der Waals surface area contributed by atoms with Crippen LogP contribution in [0.5, 0.6) is 0 Å². The third-order valence-electron chi connectivity index (χ3n) is 5.00. The van der Waals surface area contributed by atoms with Gasteiger partial charge in [-0.05, 0) is 49.0 Å². The first kappa shape index (κ1) is 16.7. The topological polar surface area (TPSA) is 78.5 Å². The molecule has 2 fully saturated rings. The first-order valence-electron chi connectivity index (χ1n) is 7.68. The van der Waals surface area contributed by atoms with Gasteiger partial charge in [-0.25, -0.2) is 8.42 Å². The highest BCUT2D eigenvalue weighted by atomic mass is 35.5. The molecule has 1 amide bonds. The van der Waals surface area contributed by atoms with Gasteiger partial charge in [0.15, 0.2) is 0 Å². The lowest BCUT2D eigenvalue weighted by molar-refractivity contribution is 0.0945. The Kier molecular flexibility index (Phi) is 4.39. The highest BCUT2D eigenvalue weighted by Crippen LogP contribution is 2.31. The van der Waals surface area contributed by atoms with Gasteiger partial charge < -0.3 is 10.6 Å². The Morgan fingerprint density at radius 3 is 2.52 bits per heavy atom. The molecule has 0 bridgehead atoms. The standard InChI is InChI=1S/C15H19N3O3S.ClH/c19-15-14-5-13(2-1-10(14)3-4-17-15)22(20,21)18-8-11-6-16-7-12(11)9-18;/h1-2,5,11-12,16H,3-4,6-9H2,(H,17,19);1H/t11-,12+;. The number of amides is 1. The normalized spacial score (nSPS) is 27.0. The molecule has 3 aliphatic rings. The number of hydrogen-bond donors (Lipinski definition) is 2. The van der Waals surface area contributed by atoms with Gasteiger partial charge in [0.1, 0.15) is 0 Å². The van der Waals surface area contributed by atoms with E-state index in [1.54, 1.807) is 16.4 Å². The summed E-state index contributed by atoms with van der Waals surface area (Å²) in [4.78, 5) is 12.2. The summed E-state index contributed by atoms with van der Waals surface area (Å²) < 4.78 is 27.2. The van der Waals surface area contributed by atoms with E-state index in [1.807, 2.05) is 0 Å². The van der Waals surface area contributed by atoms with Gasteiger partial charge in [0.2, 0.25) is 10.0 Å². The predicted octanol–water partition coefficient (Wildman–Crippen LogP) is 0.234. The number of rotatable bonds is 2. The SMILES string of the molecule is Cl.O=C1NCCc2ccc(S(=O)(=O)N3C[C@H]4CNC[C@H]4C3)cc21. The number of carbonyl (C=O) groups excluding carboxylic acids is 1. The molecule has 2 N–H and O–H groups in total. The summed E-state index contributed by atoms with van der Waals surface area (Å²) in [6.07, 6.45) is 0.751. The van der Waals surface area contributed by atoms with E-state index < -0.39 is 10.0 Å². The van der Waals surface area contributed by atoms with E-state index >= 15 is 0 Å². The zero-order valence-electron chi connectivity index (χ0n) is 12.6. The van der Waals surface area contributed by atoms with Crippen molar-refractivity contribution in [1.82, 2.24) is 14.9 Å². The predicted molar refractivity (Wildman–Crippen MR) is 88.3 cm³/mol. The summed E-state index contributed by atoms with van der Waals surface area (Å²) in [6, 6.07) is 4.95. The van der Waals surface area contributed by atoms with E-state index in [2.05, 4.69) is 10.6 Å². The smallest absolute Gasteiger partial charge is 0.251 e. The maximum atomic E-state index is 12.8. The number of nitrogens with zero attached hydrogens (tertiary/aromatic N) is 1. The molecule has 0 aromatic heterocycles. The zero-order chi connectivity index (χ0) is 15.3. The first-order valence-corrected chi connectivity index (χ1v) is 9.12. The Bertz CT molecular complexity index is 725. The molecule has 0 unspecified atom stereocenters. The van der Waals surface area contributed by atoms with Gasteiger partial charge in [-0.2, -0.15) is 4.31 Å². The van der Waals surface area contributed by atoms with Crippen molar-refractivity contribution < 1.29 is 13.2 Å². The quantitative estimate of drug-likeness (QED) is 0.794. The molecule has 1 aromatic carbocycles. The fourth-order valence-electron chi connectivity index (χ4n) is 3.71. The Morgan fingerprint density at radius 1 is 1.13 bits per heavy atom. The molecule has 0 radical (unpaired) electrons. The number of benzene rings is 1. The molecular formula is C15H20ClN3O3S. The van der Waals surface area contributed by atoms with E-state index in [0.717, 1.165) is 25.1 Å². The van der Waals surface area contributed by atoms with Crippen molar-refractivity contribution in [3.05, 3.63) is 29.3 Å². The lowest BCUT2D eigenvalue weighted by atomic mass is 10.0. The fraction of sp³-hybridized carbons (Fsp3) is 0.533. The minimum Gasteiger partial charge on any atom is -0.352 e. The number of fused-ring (bicyclic) bond motifs is 2. The third kappa shape index (κ3) is 2.76. The number of halogens is 1. The second kappa shape index (κ2) is 6.05. The van der Waals surface area contributed by atoms with E-state index in [0.29, 0.717) is 37.0 Å². The maximum Gasteiger partial charge on any atom is 0.251 e. The van der Waals surface area contributed by atoms with Crippen LogP contribution in [-0.2, 0) is 16.4 Å². The van der Waals surface area contributed by atoms with E-state index in [4.69, 9.17) is 0 Å². The van der Waals surface area contributed by atoms with Gasteiger partial charge in [0.05, 0.1) is 4.90 Å². The molecule has 23 heavy (non-hydrogen) atoms. The summed E-state index contributed by atoms with van der Waals surface area (Å²) in [5.74, 6) is 0.646. The Hall–Kier alpha value is -1.15. The van der Waals surface area contributed by atoms with Crippen LogP contribution < -0.4 is 10.6 Å².